The van der Waals surface area contributed by atoms with Gasteiger partial charge in [0.25, 0.3) is 5.69 Å². The summed E-state index contributed by atoms with van der Waals surface area (Å²) >= 11 is 1.82. The minimum atomic E-state index is -0.388. The minimum absolute atomic E-state index is 0.0872. The normalized spacial score (nSPS) is 12.4. The number of hydrogen-bond donors (Lipinski definition) is 2. The summed E-state index contributed by atoms with van der Waals surface area (Å²) < 4.78 is 0. The van der Waals surface area contributed by atoms with Crippen LogP contribution in [0, 0.1) is 10.1 Å². The van der Waals surface area contributed by atoms with E-state index in [4.69, 9.17) is 5.84 Å². The second-order valence-electron chi connectivity index (χ2n) is 4.79. The summed E-state index contributed by atoms with van der Waals surface area (Å²) in [5, 5.41) is 10.9. The van der Waals surface area contributed by atoms with Gasteiger partial charge >= 0.3 is 0 Å². The number of hydrazine groups is 1. The van der Waals surface area contributed by atoms with E-state index in [0.717, 1.165) is 23.4 Å². The Morgan fingerprint density at radius 3 is 2.80 bits per heavy atom. The summed E-state index contributed by atoms with van der Waals surface area (Å²) in [4.78, 5) is 12.6. The van der Waals surface area contributed by atoms with E-state index in [9.17, 15) is 10.1 Å². The fourth-order valence-electron chi connectivity index (χ4n) is 1.90. The van der Waals surface area contributed by atoms with Crippen molar-refractivity contribution in [1.29, 1.82) is 0 Å². The van der Waals surface area contributed by atoms with Crippen LogP contribution in [0.2, 0.25) is 0 Å². The van der Waals surface area contributed by atoms with E-state index in [0.29, 0.717) is 12.6 Å². The van der Waals surface area contributed by atoms with Crippen LogP contribution in [0.15, 0.2) is 18.2 Å². The number of nitrogens with two attached hydrogens (primary N) is 1. The van der Waals surface area contributed by atoms with Gasteiger partial charge in [-0.15, -0.1) is 0 Å². The molecule has 0 aromatic heterocycles. The molecule has 0 aliphatic heterocycles. The van der Waals surface area contributed by atoms with Gasteiger partial charge in [-0.1, -0.05) is 0 Å². The zero-order chi connectivity index (χ0) is 15.1. The first-order valence-corrected chi connectivity index (χ1v) is 7.82. The number of rotatable bonds is 8. The van der Waals surface area contributed by atoms with E-state index < -0.39 is 0 Å². The predicted molar refractivity (Wildman–Crippen MR) is 84.8 cm³/mol. The van der Waals surface area contributed by atoms with Crippen LogP contribution in [-0.2, 0) is 6.54 Å². The summed E-state index contributed by atoms with van der Waals surface area (Å²) in [5.74, 6) is 6.57. The molecule has 6 nitrogen and oxygen atoms in total. The van der Waals surface area contributed by atoms with Gasteiger partial charge in [-0.2, -0.15) is 11.8 Å². The van der Waals surface area contributed by atoms with Crippen LogP contribution < -0.4 is 11.3 Å². The first kappa shape index (κ1) is 16.7. The first-order valence-electron chi connectivity index (χ1n) is 6.42. The molecule has 0 aliphatic carbocycles. The van der Waals surface area contributed by atoms with Crippen molar-refractivity contribution in [3.8, 4) is 0 Å². The fraction of sp³-hybridized carbons (Fsp3) is 0.538. The Balaban J connectivity index is 2.83. The zero-order valence-corrected chi connectivity index (χ0v) is 12.9. The molecule has 112 valence electrons. The second-order valence-corrected chi connectivity index (χ2v) is 5.77. The lowest BCUT2D eigenvalue weighted by molar-refractivity contribution is -0.384. The Hall–Kier alpha value is -1.31. The van der Waals surface area contributed by atoms with Crippen molar-refractivity contribution >= 4 is 23.1 Å². The van der Waals surface area contributed by atoms with Gasteiger partial charge in [0.1, 0.15) is 0 Å². The average Bonchev–Trinajstić information content (AvgIpc) is 2.44. The van der Waals surface area contributed by atoms with Gasteiger partial charge in [-0.25, -0.2) is 0 Å². The van der Waals surface area contributed by atoms with Crippen LogP contribution >= 0.6 is 11.8 Å². The predicted octanol–water partition coefficient (Wildman–Crippen LogP) is 2.45. The van der Waals surface area contributed by atoms with Gasteiger partial charge in [-0.05, 0) is 44.0 Å². The molecule has 7 heteroatoms. The molecule has 20 heavy (non-hydrogen) atoms. The summed E-state index contributed by atoms with van der Waals surface area (Å²) in [5.41, 5.74) is 4.24. The lowest BCUT2D eigenvalue weighted by atomic mass is 10.1. The molecule has 1 unspecified atom stereocenters. The van der Waals surface area contributed by atoms with Gasteiger partial charge in [0.15, 0.2) is 0 Å². The van der Waals surface area contributed by atoms with Crippen molar-refractivity contribution in [2.24, 2.45) is 5.84 Å². The van der Waals surface area contributed by atoms with E-state index >= 15 is 0 Å². The van der Waals surface area contributed by atoms with E-state index in [1.165, 1.54) is 6.07 Å². The molecule has 1 atom stereocenters. The minimum Gasteiger partial charge on any atom is -0.324 e. The molecule has 0 spiro atoms. The number of nitrogens with one attached hydrogen (secondary N) is 1. The highest BCUT2D eigenvalue weighted by Gasteiger charge is 2.15. The van der Waals surface area contributed by atoms with E-state index in [-0.39, 0.29) is 10.6 Å². The highest BCUT2D eigenvalue weighted by atomic mass is 32.2. The Bertz CT molecular complexity index is 456. The molecule has 0 saturated carbocycles. The summed E-state index contributed by atoms with van der Waals surface area (Å²) in [7, 11) is 2.02. The number of nitro groups is 1. The quantitative estimate of drug-likeness (QED) is 0.436. The standard InChI is InChI=1S/C13H22N4O2S/c1-10(6-7-20-3)16(2)9-11-8-12(17(18)19)4-5-13(11)15-14/h4-5,8,10,15H,6-7,9,14H2,1-3H3. The number of thioether (sulfide) groups is 1. The molecule has 0 fully saturated rings. The maximum Gasteiger partial charge on any atom is 0.269 e. The number of benzene rings is 1. The molecule has 0 saturated heterocycles. The molecule has 1 aromatic carbocycles. The van der Waals surface area contributed by atoms with Crippen molar-refractivity contribution in [1.82, 2.24) is 4.90 Å². The number of non-ortho nitro benzene ring substituents is 1. The van der Waals surface area contributed by atoms with Crippen LogP contribution in [0.1, 0.15) is 18.9 Å². The molecular formula is C13H22N4O2S. The van der Waals surface area contributed by atoms with E-state index in [2.05, 4.69) is 23.5 Å². The van der Waals surface area contributed by atoms with Crippen molar-refractivity contribution in [3.63, 3.8) is 0 Å². The van der Waals surface area contributed by atoms with Crippen LogP contribution in [0.5, 0.6) is 0 Å². The number of nitro benzene ring substituents is 1. The Kier molecular flexibility index (Phi) is 6.77. The zero-order valence-electron chi connectivity index (χ0n) is 12.1. The summed E-state index contributed by atoms with van der Waals surface area (Å²) in [6, 6.07) is 5.09. The Labute approximate surface area is 123 Å². The Morgan fingerprint density at radius 1 is 1.55 bits per heavy atom. The van der Waals surface area contributed by atoms with Crippen molar-refractivity contribution in [3.05, 3.63) is 33.9 Å². The fourth-order valence-corrected chi connectivity index (χ4v) is 2.48. The molecule has 0 radical (unpaired) electrons. The van der Waals surface area contributed by atoms with Gasteiger partial charge in [0, 0.05) is 24.7 Å². The lowest BCUT2D eigenvalue weighted by Crippen LogP contribution is -2.29. The highest BCUT2D eigenvalue weighted by molar-refractivity contribution is 7.98. The van der Waals surface area contributed by atoms with Crippen LogP contribution in [0.25, 0.3) is 0 Å². The third-order valence-corrected chi connectivity index (χ3v) is 4.01. The summed E-state index contributed by atoms with van der Waals surface area (Å²) in [6.07, 6.45) is 3.17. The third-order valence-electron chi connectivity index (χ3n) is 3.37. The molecule has 1 rings (SSSR count). The molecule has 0 aliphatic rings. The SMILES string of the molecule is CSCCC(C)N(C)Cc1cc([N+](=O)[O-])ccc1NN. The Morgan fingerprint density at radius 2 is 2.25 bits per heavy atom. The van der Waals surface area contributed by atoms with Crippen molar-refractivity contribution in [2.75, 3.05) is 24.5 Å². The van der Waals surface area contributed by atoms with Crippen LogP contribution in [0.4, 0.5) is 11.4 Å². The number of nitrogens with zero attached hydrogens (tertiary/aromatic N) is 2. The van der Waals surface area contributed by atoms with Crippen LogP contribution in [0.3, 0.4) is 0 Å². The lowest BCUT2D eigenvalue weighted by Gasteiger charge is -2.25. The van der Waals surface area contributed by atoms with E-state index in [1.807, 2.05) is 18.8 Å². The third kappa shape index (κ3) is 4.66. The van der Waals surface area contributed by atoms with Gasteiger partial charge < -0.3 is 5.43 Å². The second kappa shape index (κ2) is 8.08. The molecule has 0 amide bonds. The molecule has 0 bridgehead atoms. The molecule has 3 N–H and O–H groups in total. The van der Waals surface area contributed by atoms with Crippen LogP contribution in [-0.4, -0.2) is 34.9 Å². The molecular weight excluding hydrogens is 276 g/mol. The highest BCUT2D eigenvalue weighted by Crippen LogP contribution is 2.23. The first-order chi connectivity index (χ1) is 9.49. The maximum atomic E-state index is 10.9. The monoisotopic (exact) mass is 298 g/mol. The van der Waals surface area contributed by atoms with E-state index in [1.54, 1.807) is 12.1 Å². The summed E-state index contributed by atoms with van der Waals surface area (Å²) in [6.45, 7) is 2.78. The van der Waals surface area contributed by atoms with Gasteiger partial charge in [-0.3, -0.25) is 20.9 Å². The van der Waals surface area contributed by atoms with Gasteiger partial charge in [0.05, 0.1) is 10.6 Å². The van der Waals surface area contributed by atoms with Gasteiger partial charge in [0.2, 0.25) is 0 Å². The number of anilines is 1. The largest absolute Gasteiger partial charge is 0.324 e. The number of nitrogen functional groups attached to an aromatic ring is 1. The van der Waals surface area contributed by atoms with Crippen molar-refractivity contribution in [2.45, 2.75) is 25.9 Å². The maximum absolute atomic E-state index is 10.9. The topological polar surface area (TPSA) is 84.4 Å². The molecule has 1 aromatic rings. The number of hydrogen-bond acceptors (Lipinski definition) is 6. The smallest absolute Gasteiger partial charge is 0.269 e. The van der Waals surface area contributed by atoms with Crippen molar-refractivity contribution < 1.29 is 4.92 Å². The average molecular weight is 298 g/mol. The molecule has 0 heterocycles.